The summed E-state index contributed by atoms with van der Waals surface area (Å²) >= 11 is 6.35. The molecule has 2 aromatic rings. The van der Waals surface area contributed by atoms with Crippen molar-refractivity contribution in [1.82, 2.24) is 9.97 Å². The first-order chi connectivity index (χ1) is 7.38. The number of hydrogen-bond donors (Lipinski definition) is 1. The molecule has 1 aromatic carbocycles. The van der Waals surface area contributed by atoms with Crippen LogP contribution in [0.1, 0.15) is 0 Å². The Hall–Kier alpha value is -0.570. The van der Waals surface area contributed by atoms with Crippen LogP contribution in [-0.2, 0) is 10.1 Å². The largest absolute Gasteiger partial charge is 0.294 e. The minimum Gasteiger partial charge on any atom is -0.282 e. The molecule has 8 heteroatoms. The van der Waals surface area contributed by atoms with Gasteiger partial charge in [-0.05, 0) is 50.1 Å². The van der Waals surface area contributed by atoms with Crippen molar-refractivity contribution >= 4 is 53.0 Å². The predicted molar refractivity (Wildman–Crippen MR) is 64.8 cm³/mol. The molecule has 16 heavy (non-hydrogen) atoms. The van der Waals surface area contributed by atoms with Crippen LogP contribution < -0.4 is 0 Å². The van der Waals surface area contributed by atoms with Crippen molar-refractivity contribution in [3.05, 3.63) is 27.4 Å². The quantitative estimate of drug-likeness (QED) is 0.783. The molecule has 0 unspecified atom stereocenters. The minimum absolute atomic E-state index is 0.205. The highest BCUT2D eigenvalue weighted by atomic mass is 79.9. The van der Waals surface area contributed by atoms with Crippen LogP contribution in [0.2, 0.25) is 0 Å². The van der Waals surface area contributed by atoms with Crippen LogP contribution in [0.25, 0.3) is 11.0 Å². The molecule has 5 nitrogen and oxygen atoms in total. The van der Waals surface area contributed by atoms with Crippen LogP contribution in [-0.4, -0.2) is 22.9 Å². The number of rotatable bonds is 1. The first-order valence-corrected chi connectivity index (χ1v) is 7.01. The third kappa shape index (κ3) is 2.24. The molecule has 0 aliphatic carbocycles. The van der Waals surface area contributed by atoms with Gasteiger partial charge in [0.2, 0.25) is 0 Å². The van der Waals surface area contributed by atoms with Crippen LogP contribution in [0.5, 0.6) is 0 Å². The Morgan fingerprint density at radius 2 is 1.62 bits per heavy atom. The molecule has 2 rings (SSSR count). The molecule has 0 radical (unpaired) electrons. The average molecular weight is 368 g/mol. The number of aromatic nitrogens is 2. The summed E-state index contributed by atoms with van der Waals surface area (Å²) in [6.45, 7) is 0. The van der Waals surface area contributed by atoms with E-state index in [4.69, 9.17) is 4.55 Å². The maximum Gasteiger partial charge on any atom is 0.294 e. The van der Waals surface area contributed by atoms with Gasteiger partial charge in [0.15, 0.2) is 0 Å². The van der Waals surface area contributed by atoms with Gasteiger partial charge in [-0.3, -0.25) is 4.55 Å². The number of benzene rings is 1. The molecule has 1 aromatic heterocycles. The summed E-state index contributed by atoms with van der Waals surface area (Å²) in [5, 5.41) is 0. The monoisotopic (exact) mass is 366 g/mol. The number of hydrogen-bond acceptors (Lipinski definition) is 4. The fraction of sp³-hybridized carbons (Fsp3) is 0. The Bertz CT molecular complexity index is 672. The Balaban J connectivity index is 2.77. The molecule has 0 saturated carbocycles. The maximum absolute atomic E-state index is 10.9. The summed E-state index contributed by atoms with van der Waals surface area (Å²) < 4.78 is 31.7. The Kier molecular flexibility index (Phi) is 2.99. The number of fused-ring (bicyclic) bond motifs is 1. The van der Waals surface area contributed by atoms with E-state index in [0.717, 1.165) is 0 Å². The summed E-state index contributed by atoms with van der Waals surface area (Å²) in [5.41, 5.74) is 0.910. The van der Waals surface area contributed by atoms with E-state index in [0.29, 0.717) is 20.2 Å². The fourth-order valence-corrected chi connectivity index (χ4v) is 2.21. The van der Waals surface area contributed by atoms with E-state index in [1.165, 1.54) is 18.2 Å². The lowest BCUT2D eigenvalue weighted by molar-refractivity contribution is 0.483. The minimum atomic E-state index is -4.21. The van der Waals surface area contributed by atoms with Gasteiger partial charge in [-0.15, -0.1) is 0 Å². The van der Waals surface area contributed by atoms with E-state index in [1.54, 1.807) is 0 Å². The molecule has 0 bridgehead atoms. The summed E-state index contributed by atoms with van der Waals surface area (Å²) in [6, 6.07) is 4.00. The van der Waals surface area contributed by atoms with Crippen LogP contribution in [0, 0.1) is 0 Å². The summed E-state index contributed by atoms with van der Waals surface area (Å²) in [5.74, 6) is 0. The molecule has 0 amide bonds. The van der Waals surface area contributed by atoms with Gasteiger partial charge in [-0.25, -0.2) is 9.97 Å². The third-order valence-electron chi connectivity index (χ3n) is 1.85. The van der Waals surface area contributed by atoms with Gasteiger partial charge in [0.1, 0.15) is 9.21 Å². The first kappa shape index (κ1) is 11.9. The summed E-state index contributed by atoms with van der Waals surface area (Å²) in [7, 11) is -4.21. The van der Waals surface area contributed by atoms with E-state index in [2.05, 4.69) is 41.8 Å². The fourth-order valence-electron chi connectivity index (χ4n) is 1.15. The molecule has 0 aliphatic heterocycles. The topological polar surface area (TPSA) is 80.2 Å². The van der Waals surface area contributed by atoms with Crippen LogP contribution >= 0.6 is 31.9 Å². The van der Waals surface area contributed by atoms with Gasteiger partial charge < -0.3 is 0 Å². The highest BCUT2D eigenvalue weighted by molar-refractivity contribution is 9.13. The molecular weight excluding hydrogens is 364 g/mol. The first-order valence-electron chi connectivity index (χ1n) is 3.98. The van der Waals surface area contributed by atoms with Gasteiger partial charge in [0.05, 0.1) is 15.9 Å². The van der Waals surface area contributed by atoms with Crippen molar-refractivity contribution in [2.24, 2.45) is 0 Å². The molecule has 0 spiro atoms. The molecule has 0 aliphatic rings. The molecular formula is C8H4Br2N2O3S. The van der Waals surface area contributed by atoms with Gasteiger partial charge >= 0.3 is 0 Å². The van der Waals surface area contributed by atoms with Gasteiger partial charge in [0.25, 0.3) is 10.1 Å². The van der Waals surface area contributed by atoms with Crippen molar-refractivity contribution in [3.8, 4) is 0 Å². The second-order valence-electron chi connectivity index (χ2n) is 2.93. The molecule has 0 atom stereocenters. The molecule has 0 saturated heterocycles. The third-order valence-corrected chi connectivity index (χ3v) is 4.34. The Morgan fingerprint density at radius 3 is 2.19 bits per heavy atom. The lowest BCUT2D eigenvalue weighted by Crippen LogP contribution is -1.98. The van der Waals surface area contributed by atoms with Gasteiger partial charge in [-0.1, -0.05) is 0 Å². The van der Waals surface area contributed by atoms with E-state index in [9.17, 15) is 8.42 Å². The second-order valence-corrected chi connectivity index (χ2v) is 5.85. The molecule has 84 valence electrons. The van der Waals surface area contributed by atoms with E-state index >= 15 is 0 Å². The smallest absolute Gasteiger partial charge is 0.282 e. The van der Waals surface area contributed by atoms with E-state index in [-0.39, 0.29) is 4.90 Å². The normalized spacial score (nSPS) is 11.9. The predicted octanol–water partition coefficient (Wildman–Crippen LogP) is 2.40. The molecule has 1 heterocycles. The number of nitrogens with zero attached hydrogens (tertiary/aromatic N) is 2. The van der Waals surface area contributed by atoms with Crippen LogP contribution in [0.15, 0.2) is 32.3 Å². The summed E-state index contributed by atoms with van der Waals surface area (Å²) in [4.78, 5) is 8.01. The van der Waals surface area contributed by atoms with Crippen molar-refractivity contribution in [2.45, 2.75) is 4.90 Å². The van der Waals surface area contributed by atoms with Crippen molar-refractivity contribution in [1.29, 1.82) is 0 Å². The van der Waals surface area contributed by atoms with Gasteiger partial charge in [-0.2, -0.15) is 8.42 Å². The lowest BCUT2D eigenvalue weighted by Gasteiger charge is -2.01. The summed E-state index contributed by atoms with van der Waals surface area (Å²) in [6.07, 6.45) is 0. The SMILES string of the molecule is O=S(=O)(O)c1ccc2nc(Br)c(Br)nc2c1. The van der Waals surface area contributed by atoms with Crippen LogP contribution in [0.4, 0.5) is 0 Å². The molecule has 0 fully saturated rings. The highest BCUT2D eigenvalue weighted by Gasteiger charge is 2.11. The zero-order valence-corrected chi connectivity index (χ0v) is 11.5. The number of halogens is 2. The average Bonchev–Trinajstić information content (AvgIpc) is 2.17. The zero-order chi connectivity index (χ0) is 11.9. The Morgan fingerprint density at radius 1 is 1.06 bits per heavy atom. The van der Waals surface area contributed by atoms with Crippen molar-refractivity contribution in [3.63, 3.8) is 0 Å². The van der Waals surface area contributed by atoms with Crippen LogP contribution in [0.3, 0.4) is 0 Å². The van der Waals surface area contributed by atoms with Crippen molar-refractivity contribution < 1.29 is 13.0 Å². The van der Waals surface area contributed by atoms with E-state index in [1.807, 2.05) is 0 Å². The van der Waals surface area contributed by atoms with Crippen molar-refractivity contribution in [2.75, 3.05) is 0 Å². The molecule has 1 N–H and O–H groups in total. The van der Waals surface area contributed by atoms with E-state index < -0.39 is 10.1 Å². The highest BCUT2D eigenvalue weighted by Crippen LogP contribution is 2.23. The maximum atomic E-state index is 10.9. The zero-order valence-electron chi connectivity index (χ0n) is 7.55. The second kappa shape index (κ2) is 4.02. The Labute approximate surface area is 108 Å². The van der Waals surface area contributed by atoms with Gasteiger partial charge in [0, 0.05) is 0 Å². The lowest BCUT2D eigenvalue weighted by atomic mass is 10.3. The standard InChI is InChI=1S/C8H4Br2N2O3S/c9-7-8(10)12-6-3-4(16(13,14)15)1-2-5(6)11-7/h1-3H,(H,13,14,15).